The second-order valence-electron chi connectivity index (χ2n) is 16.4. The molecule has 0 bridgehead atoms. The van der Waals surface area contributed by atoms with Crippen LogP contribution in [-0.2, 0) is 42.7 Å². The topological polar surface area (TPSA) is 263 Å². The zero-order valence-corrected chi connectivity index (χ0v) is 34.3. The predicted octanol–water partition coefficient (Wildman–Crippen LogP) is 1.93. The first-order valence-electron chi connectivity index (χ1n) is 19.9. The molecule has 2 saturated heterocycles. The number of methoxy groups -OCH3 is 1. The van der Waals surface area contributed by atoms with Gasteiger partial charge in [-0.3, -0.25) is 19.2 Å². The van der Waals surface area contributed by atoms with E-state index in [2.05, 4.69) is 0 Å². The monoisotopic (exact) mass is 840 g/mol. The Kier molecular flexibility index (Phi) is 11.9. The van der Waals surface area contributed by atoms with Gasteiger partial charge in [-0.25, -0.2) is 0 Å². The van der Waals surface area contributed by atoms with Crippen LogP contribution < -0.4 is 5.73 Å². The van der Waals surface area contributed by atoms with E-state index in [1.165, 1.54) is 12.1 Å². The van der Waals surface area contributed by atoms with Crippen molar-refractivity contribution in [2.75, 3.05) is 21.2 Å². The van der Waals surface area contributed by atoms with Gasteiger partial charge in [0, 0.05) is 42.5 Å². The lowest BCUT2D eigenvalue weighted by Crippen LogP contribution is -2.58. The Hall–Kier alpha value is -4.50. The van der Waals surface area contributed by atoms with Crippen molar-refractivity contribution >= 4 is 23.3 Å². The Balaban J connectivity index is 1.15. The first-order valence-corrected chi connectivity index (χ1v) is 19.9. The Bertz CT molecular complexity index is 2090. The Morgan fingerprint density at radius 1 is 0.900 bits per heavy atom. The summed E-state index contributed by atoms with van der Waals surface area (Å²) in [5.74, 6) is -6.24. The number of nitrogens with zero attached hydrogens (tertiary/aromatic N) is 1. The van der Waals surface area contributed by atoms with Crippen LogP contribution in [0.1, 0.15) is 108 Å². The van der Waals surface area contributed by atoms with Crippen molar-refractivity contribution in [3.05, 3.63) is 63.4 Å². The molecule has 326 valence electrons. The molecular formula is C42H52N2O16. The summed E-state index contributed by atoms with van der Waals surface area (Å²) in [4.78, 5) is 55.2. The van der Waals surface area contributed by atoms with Gasteiger partial charge in [0.15, 0.2) is 30.4 Å². The summed E-state index contributed by atoms with van der Waals surface area (Å²) in [6, 6.07) is 2.97. The van der Waals surface area contributed by atoms with Crippen LogP contribution in [0.25, 0.3) is 0 Å². The number of carbonyl (C=O) groups excluding carboxylic acids is 4. The number of aliphatic hydroxyl groups excluding tert-OH is 1. The largest absolute Gasteiger partial charge is 0.507 e. The van der Waals surface area contributed by atoms with Crippen molar-refractivity contribution in [2.45, 2.75) is 133 Å². The minimum Gasteiger partial charge on any atom is -0.507 e. The molecule has 7 N–H and O–H groups in total. The van der Waals surface area contributed by atoms with Gasteiger partial charge in [-0.2, -0.15) is 0 Å². The number of ether oxygens (including phenoxy) is 7. The van der Waals surface area contributed by atoms with Gasteiger partial charge in [0.1, 0.15) is 41.5 Å². The molecule has 18 heteroatoms. The number of ketones is 3. The van der Waals surface area contributed by atoms with E-state index >= 15 is 0 Å². The van der Waals surface area contributed by atoms with Gasteiger partial charge < -0.3 is 69.3 Å². The fourth-order valence-electron chi connectivity index (χ4n) is 9.16. The maximum atomic E-state index is 14.0. The Morgan fingerprint density at radius 2 is 1.52 bits per heavy atom. The van der Waals surface area contributed by atoms with Crippen LogP contribution in [0.15, 0.2) is 30.0 Å². The second-order valence-corrected chi connectivity index (χ2v) is 16.4. The van der Waals surface area contributed by atoms with E-state index in [1.807, 2.05) is 19.0 Å². The first-order chi connectivity index (χ1) is 28.3. The molecular weight excluding hydrogens is 788 g/mol. The molecule has 0 aromatic heterocycles. The van der Waals surface area contributed by atoms with E-state index in [1.54, 1.807) is 27.7 Å². The number of nitrogens with two attached hydrogens (primary N) is 1. The summed E-state index contributed by atoms with van der Waals surface area (Å²) in [6.07, 6.45) is -7.59. The summed E-state index contributed by atoms with van der Waals surface area (Å²) in [5.41, 5.74) is 2.42. The minimum atomic E-state index is -1.82. The lowest BCUT2D eigenvalue weighted by atomic mass is 9.67. The molecule has 5 aliphatic rings. The molecule has 2 aliphatic carbocycles. The molecule has 0 amide bonds. The number of esters is 1. The van der Waals surface area contributed by atoms with Crippen LogP contribution in [0, 0.1) is 0 Å². The van der Waals surface area contributed by atoms with Crippen molar-refractivity contribution < 1.29 is 77.9 Å². The smallest absolute Gasteiger partial charge is 0.316 e. The molecule has 0 spiro atoms. The predicted molar refractivity (Wildman–Crippen MR) is 206 cm³/mol. The number of likely N-dealkylation sites (N-methyl/N-ethyl adjacent to an activating group) is 1. The van der Waals surface area contributed by atoms with E-state index in [4.69, 9.17) is 38.9 Å². The fraction of sp³-hybridized carbons (Fsp3) is 0.571. The van der Waals surface area contributed by atoms with Crippen molar-refractivity contribution in [3.63, 3.8) is 0 Å². The number of fused-ring (bicyclic) bond motifs is 3. The number of phenolic OH excluding ortho intramolecular Hbond substituents is 3. The van der Waals surface area contributed by atoms with Gasteiger partial charge in [-0.05, 0) is 65.0 Å². The SMILES string of the molecule is CC[C@@]1(O)C[C@H](OC2CC(N(C)C)C(OC3CC(O)C(O[C@@H]4O[C@@H](C)C(=O)C=C4N)C(C)O3)C(C)O2)c2c(cc3c(c2O)C(=O)c2c(O)ccc(O)c2C3=O)[C@H]1C(=O)OC. The molecule has 2 fully saturated rings. The quantitative estimate of drug-likeness (QED) is 0.133. The molecule has 18 nitrogen and oxygen atoms in total. The zero-order chi connectivity index (χ0) is 43.7. The third-order valence-corrected chi connectivity index (χ3v) is 12.4. The van der Waals surface area contributed by atoms with E-state index in [-0.39, 0.29) is 59.9 Å². The fourth-order valence-corrected chi connectivity index (χ4v) is 9.16. The molecule has 60 heavy (non-hydrogen) atoms. The number of aliphatic hydroxyl groups is 2. The van der Waals surface area contributed by atoms with Crippen LogP contribution in [0.2, 0.25) is 0 Å². The second kappa shape index (κ2) is 16.4. The summed E-state index contributed by atoms with van der Waals surface area (Å²) in [5, 5.41) is 56.5. The van der Waals surface area contributed by atoms with Gasteiger partial charge in [-0.1, -0.05) is 6.92 Å². The molecule has 2 aromatic rings. The molecule has 8 unspecified atom stereocenters. The highest BCUT2D eigenvalue weighted by molar-refractivity contribution is 6.31. The van der Waals surface area contributed by atoms with Crippen molar-refractivity contribution in [3.8, 4) is 17.2 Å². The average molecular weight is 841 g/mol. The molecule has 0 saturated carbocycles. The number of rotatable bonds is 9. The lowest BCUT2D eigenvalue weighted by Gasteiger charge is -2.48. The van der Waals surface area contributed by atoms with Crippen LogP contribution in [0.4, 0.5) is 0 Å². The van der Waals surface area contributed by atoms with Crippen LogP contribution in [0.3, 0.4) is 0 Å². The van der Waals surface area contributed by atoms with Crippen molar-refractivity contribution in [1.82, 2.24) is 4.90 Å². The van der Waals surface area contributed by atoms with Crippen LogP contribution in [-0.4, -0.2) is 142 Å². The average Bonchev–Trinajstić information content (AvgIpc) is 3.18. The maximum Gasteiger partial charge on any atom is 0.316 e. The van der Waals surface area contributed by atoms with E-state index in [0.29, 0.717) is 0 Å². The van der Waals surface area contributed by atoms with Gasteiger partial charge in [0.2, 0.25) is 5.78 Å². The molecule has 0 radical (unpaired) electrons. The molecule has 3 heterocycles. The maximum absolute atomic E-state index is 14.0. The lowest BCUT2D eigenvalue weighted by molar-refractivity contribution is -0.321. The summed E-state index contributed by atoms with van der Waals surface area (Å²) in [7, 11) is 4.81. The van der Waals surface area contributed by atoms with Crippen LogP contribution >= 0.6 is 0 Å². The van der Waals surface area contributed by atoms with Gasteiger partial charge >= 0.3 is 5.97 Å². The zero-order valence-electron chi connectivity index (χ0n) is 34.3. The Morgan fingerprint density at radius 3 is 2.12 bits per heavy atom. The first kappa shape index (κ1) is 43.6. The summed E-state index contributed by atoms with van der Waals surface area (Å²) < 4.78 is 42.3. The van der Waals surface area contributed by atoms with Crippen molar-refractivity contribution in [2.24, 2.45) is 5.73 Å². The van der Waals surface area contributed by atoms with Gasteiger partial charge in [0.25, 0.3) is 0 Å². The van der Waals surface area contributed by atoms with E-state index in [9.17, 15) is 44.7 Å². The Labute approximate surface area is 345 Å². The molecule has 3 aliphatic heterocycles. The molecule has 7 rings (SSSR count). The van der Waals surface area contributed by atoms with Gasteiger partial charge in [0.05, 0.1) is 59.5 Å². The normalized spacial score (nSPS) is 35.4. The number of hydrogen-bond donors (Lipinski definition) is 6. The third kappa shape index (κ3) is 7.47. The standard InChI is InChI=1S/C42H52N2O16/c1-8-42(53)15-27(30-19(34(42)40(52)54-7)11-20-31(36(30)50)37(51)33-24(46)10-9-23(45)32(33)35(20)49)58-28-13-22(44(5)6)38(17(3)55-28)59-29-14-26(48)39(18(4)56-29)60-41-21(43)12-25(47)16(2)57-41/h9-12,16-18,22,26-29,34,38-39,41,45-46,48,50,53H,8,13-15,43H2,1-7H3/t16-,17?,18?,22?,26?,27-,28?,29?,34-,38?,39?,41-,42+/m0/s1. The van der Waals surface area contributed by atoms with Gasteiger partial charge in [-0.15, -0.1) is 0 Å². The molecule has 2 aromatic carbocycles. The number of phenols is 3. The third-order valence-electron chi connectivity index (χ3n) is 12.4. The highest BCUT2D eigenvalue weighted by Gasteiger charge is 2.54. The summed E-state index contributed by atoms with van der Waals surface area (Å²) >= 11 is 0. The van der Waals surface area contributed by atoms with Crippen LogP contribution in [0.5, 0.6) is 17.2 Å². The summed E-state index contributed by atoms with van der Waals surface area (Å²) in [6.45, 7) is 6.71. The van der Waals surface area contributed by atoms with E-state index < -0.39 is 125 Å². The van der Waals surface area contributed by atoms with Crippen molar-refractivity contribution in [1.29, 1.82) is 0 Å². The highest BCUT2D eigenvalue weighted by atomic mass is 16.7. The number of benzene rings is 2. The van der Waals surface area contributed by atoms with E-state index in [0.717, 1.165) is 19.2 Å². The molecule has 13 atom stereocenters. The number of carbonyl (C=O) groups is 4. The number of hydrogen-bond acceptors (Lipinski definition) is 18. The minimum absolute atomic E-state index is 0.0145. The number of aromatic hydroxyl groups is 3. The highest BCUT2D eigenvalue weighted by Crippen LogP contribution is 2.54.